The summed E-state index contributed by atoms with van der Waals surface area (Å²) >= 11 is 6.04. The average Bonchev–Trinajstić information content (AvgIpc) is 2.40. The zero-order chi connectivity index (χ0) is 14.9. The lowest BCUT2D eigenvalue weighted by atomic mass is 10.0. The second-order valence-corrected chi connectivity index (χ2v) is 6.42. The molecule has 1 aromatic rings. The number of nitrogens with zero attached hydrogens (tertiary/aromatic N) is 3. The van der Waals surface area contributed by atoms with E-state index in [1.807, 2.05) is 0 Å². The highest BCUT2D eigenvalue weighted by Crippen LogP contribution is 2.20. The molecule has 1 aromatic heterocycles. The third-order valence-corrected chi connectivity index (χ3v) is 3.89. The highest BCUT2D eigenvalue weighted by molar-refractivity contribution is 6.33. The average molecular weight is 297 g/mol. The molecule has 6 heteroatoms. The van der Waals surface area contributed by atoms with E-state index in [0.717, 1.165) is 13.1 Å². The van der Waals surface area contributed by atoms with Crippen LogP contribution in [0.1, 0.15) is 31.3 Å². The summed E-state index contributed by atoms with van der Waals surface area (Å²) in [6.07, 6.45) is 0. The number of nitrogens with two attached hydrogens (primary N) is 1. The van der Waals surface area contributed by atoms with E-state index in [9.17, 15) is 4.79 Å². The molecule has 0 radical (unpaired) electrons. The van der Waals surface area contributed by atoms with Crippen LogP contribution in [0.15, 0.2) is 12.1 Å². The molecule has 1 fully saturated rings. The highest BCUT2D eigenvalue weighted by Gasteiger charge is 2.29. The molecule has 2 rings (SSSR count). The van der Waals surface area contributed by atoms with Gasteiger partial charge in [-0.3, -0.25) is 9.69 Å². The van der Waals surface area contributed by atoms with E-state index >= 15 is 0 Å². The Kier molecular flexibility index (Phi) is 4.20. The van der Waals surface area contributed by atoms with Crippen LogP contribution in [0.4, 0.5) is 5.82 Å². The van der Waals surface area contributed by atoms with Gasteiger partial charge in [0.2, 0.25) is 0 Å². The molecule has 2 heterocycles. The summed E-state index contributed by atoms with van der Waals surface area (Å²) in [4.78, 5) is 20.6. The largest absolute Gasteiger partial charge is 0.384 e. The van der Waals surface area contributed by atoms with Crippen LogP contribution in [0.25, 0.3) is 0 Å². The van der Waals surface area contributed by atoms with E-state index in [0.29, 0.717) is 23.9 Å². The molecule has 1 aliphatic rings. The van der Waals surface area contributed by atoms with Crippen LogP contribution in [0.3, 0.4) is 0 Å². The molecule has 110 valence electrons. The highest BCUT2D eigenvalue weighted by atomic mass is 35.5. The number of hydrogen-bond donors (Lipinski definition) is 1. The third-order valence-electron chi connectivity index (χ3n) is 3.59. The normalized spacial score (nSPS) is 17.3. The quantitative estimate of drug-likeness (QED) is 0.859. The molecule has 0 aliphatic carbocycles. The van der Waals surface area contributed by atoms with Crippen molar-refractivity contribution >= 4 is 23.3 Å². The van der Waals surface area contributed by atoms with Crippen molar-refractivity contribution in [3.05, 3.63) is 22.8 Å². The Morgan fingerprint density at radius 1 is 1.25 bits per heavy atom. The maximum absolute atomic E-state index is 12.4. The monoisotopic (exact) mass is 296 g/mol. The van der Waals surface area contributed by atoms with Crippen LogP contribution in [-0.2, 0) is 0 Å². The topological polar surface area (TPSA) is 62.5 Å². The minimum Gasteiger partial charge on any atom is -0.384 e. The molecular formula is C14H21ClN4O. The van der Waals surface area contributed by atoms with Crippen LogP contribution in [-0.4, -0.2) is 52.4 Å². The van der Waals surface area contributed by atoms with E-state index in [4.69, 9.17) is 17.3 Å². The summed E-state index contributed by atoms with van der Waals surface area (Å²) in [5.41, 5.74) is 6.00. The van der Waals surface area contributed by atoms with E-state index in [1.165, 1.54) is 0 Å². The lowest BCUT2D eigenvalue weighted by molar-refractivity contribution is 0.0447. The third kappa shape index (κ3) is 3.22. The summed E-state index contributed by atoms with van der Waals surface area (Å²) in [5.74, 6) is 0.168. The van der Waals surface area contributed by atoms with Crippen LogP contribution in [0, 0.1) is 0 Å². The molecule has 20 heavy (non-hydrogen) atoms. The van der Waals surface area contributed by atoms with Gasteiger partial charge in [0.05, 0.1) is 5.02 Å². The first kappa shape index (κ1) is 15.1. The van der Waals surface area contributed by atoms with Crippen molar-refractivity contribution in [2.75, 3.05) is 31.9 Å². The van der Waals surface area contributed by atoms with Crippen molar-refractivity contribution < 1.29 is 4.79 Å². The van der Waals surface area contributed by atoms with Gasteiger partial charge in [-0.1, -0.05) is 11.6 Å². The van der Waals surface area contributed by atoms with Crippen LogP contribution >= 0.6 is 11.6 Å². The molecule has 1 aliphatic heterocycles. The van der Waals surface area contributed by atoms with Gasteiger partial charge in [-0.05, 0) is 32.9 Å². The number of amides is 1. The maximum atomic E-state index is 12.4. The van der Waals surface area contributed by atoms with Crippen LogP contribution in [0.2, 0.25) is 5.02 Å². The number of anilines is 1. The lowest BCUT2D eigenvalue weighted by Gasteiger charge is -2.42. The first-order valence-corrected chi connectivity index (χ1v) is 7.13. The van der Waals surface area contributed by atoms with E-state index in [1.54, 1.807) is 17.0 Å². The zero-order valence-electron chi connectivity index (χ0n) is 12.2. The van der Waals surface area contributed by atoms with Gasteiger partial charge in [0.25, 0.3) is 5.91 Å². The van der Waals surface area contributed by atoms with Crippen LogP contribution < -0.4 is 5.73 Å². The number of aromatic nitrogens is 1. The predicted molar refractivity (Wildman–Crippen MR) is 80.9 cm³/mol. The van der Waals surface area contributed by atoms with Crippen molar-refractivity contribution in [3.8, 4) is 0 Å². The van der Waals surface area contributed by atoms with Gasteiger partial charge < -0.3 is 10.6 Å². The standard InChI is InChI=1S/C14H21ClN4O/c1-14(2,3)19-8-6-18(7-9-19)13(20)12-10(15)4-5-11(16)17-12/h4-5H,6-9H2,1-3H3,(H2,16,17). The van der Waals surface area contributed by atoms with Gasteiger partial charge in [-0.15, -0.1) is 0 Å². The molecule has 0 bridgehead atoms. The first-order chi connectivity index (χ1) is 9.29. The number of rotatable bonds is 1. The van der Waals surface area contributed by atoms with Gasteiger partial charge in [-0.2, -0.15) is 0 Å². The van der Waals surface area contributed by atoms with Crippen molar-refractivity contribution in [2.24, 2.45) is 0 Å². The number of pyridine rings is 1. The molecule has 2 N–H and O–H groups in total. The van der Waals surface area contributed by atoms with Gasteiger partial charge in [0.15, 0.2) is 0 Å². The van der Waals surface area contributed by atoms with Crippen molar-refractivity contribution in [2.45, 2.75) is 26.3 Å². The lowest BCUT2D eigenvalue weighted by Crippen LogP contribution is -2.54. The van der Waals surface area contributed by atoms with Crippen molar-refractivity contribution in [1.82, 2.24) is 14.8 Å². The number of halogens is 1. The van der Waals surface area contributed by atoms with Crippen LogP contribution in [0.5, 0.6) is 0 Å². The molecule has 0 spiro atoms. The fourth-order valence-electron chi connectivity index (χ4n) is 2.34. The van der Waals surface area contributed by atoms with E-state index in [2.05, 4.69) is 30.7 Å². The Bertz CT molecular complexity index is 504. The molecule has 0 unspecified atom stereocenters. The Morgan fingerprint density at radius 3 is 2.40 bits per heavy atom. The summed E-state index contributed by atoms with van der Waals surface area (Å²) in [6.45, 7) is 9.62. The zero-order valence-corrected chi connectivity index (χ0v) is 12.9. The fraction of sp³-hybridized carbons (Fsp3) is 0.571. The summed E-state index contributed by atoms with van der Waals surface area (Å²) in [5, 5.41) is 0.349. The first-order valence-electron chi connectivity index (χ1n) is 6.75. The number of piperazine rings is 1. The van der Waals surface area contributed by atoms with E-state index in [-0.39, 0.29) is 17.1 Å². The minimum absolute atomic E-state index is 0.127. The van der Waals surface area contributed by atoms with Gasteiger partial charge in [0.1, 0.15) is 11.5 Å². The van der Waals surface area contributed by atoms with Crippen molar-refractivity contribution in [1.29, 1.82) is 0 Å². The molecule has 0 atom stereocenters. The molecular weight excluding hydrogens is 276 g/mol. The van der Waals surface area contributed by atoms with E-state index < -0.39 is 0 Å². The number of hydrogen-bond acceptors (Lipinski definition) is 4. The Morgan fingerprint density at radius 2 is 1.85 bits per heavy atom. The maximum Gasteiger partial charge on any atom is 0.274 e. The Balaban J connectivity index is 2.07. The summed E-state index contributed by atoms with van der Waals surface area (Å²) in [7, 11) is 0. The van der Waals surface area contributed by atoms with Gasteiger partial charge in [0, 0.05) is 31.7 Å². The molecule has 5 nitrogen and oxygen atoms in total. The number of nitrogen functional groups attached to an aromatic ring is 1. The molecule has 0 aromatic carbocycles. The number of carbonyl (C=O) groups excluding carboxylic acids is 1. The summed E-state index contributed by atoms with van der Waals surface area (Å²) < 4.78 is 0. The minimum atomic E-state index is -0.143. The predicted octanol–water partition coefficient (Wildman–Crippen LogP) is 1.87. The Labute approximate surface area is 124 Å². The Hall–Kier alpha value is -1.33. The SMILES string of the molecule is CC(C)(C)N1CCN(C(=O)c2nc(N)ccc2Cl)CC1. The second kappa shape index (κ2) is 5.58. The number of carbonyl (C=O) groups is 1. The van der Waals surface area contributed by atoms with Gasteiger partial charge in [-0.25, -0.2) is 4.98 Å². The fourth-order valence-corrected chi connectivity index (χ4v) is 2.52. The van der Waals surface area contributed by atoms with Gasteiger partial charge >= 0.3 is 0 Å². The smallest absolute Gasteiger partial charge is 0.274 e. The summed E-state index contributed by atoms with van der Waals surface area (Å²) in [6, 6.07) is 3.21. The second-order valence-electron chi connectivity index (χ2n) is 6.02. The molecule has 1 amide bonds. The van der Waals surface area contributed by atoms with Crippen molar-refractivity contribution in [3.63, 3.8) is 0 Å². The molecule has 0 saturated carbocycles. The molecule has 1 saturated heterocycles.